The molecule has 0 aromatic carbocycles. The van der Waals surface area contributed by atoms with Gasteiger partial charge in [0.1, 0.15) is 0 Å². The lowest BCUT2D eigenvalue weighted by atomic mass is 10.6. The van der Waals surface area contributed by atoms with Gasteiger partial charge in [0.15, 0.2) is 0 Å². The Hall–Kier alpha value is -1.10. The second kappa shape index (κ2) is 2.02. The Balaban J connectivity index is 3.25. The molecular weight excluding hydrogens is 146 g/mol. The Morgan fingerprint density at radius 2 is 1.89 bits per heavy atom. The first-order chi connectivity index (χ1) is 4.22. The standard InChI is InChI=1S/C3H2ClN3O2/c4-2-1(8)3(9)6-7-5-2/h(H,7,8)(H,5,6,9). The van der Waals surface area contributed by atoms with Crippen molar-refractivity contribution in [3.63, 3.8) is 0 Å². The van der Waals surface area contributed by atoms with E-state index in [9.17, 15) is 0 Å². The van der Waals surface area contributed by atoms with Crippen LogP contribution in [0.4, 0.5) is 0 Å². The van der Waals surface area contributed by atoms with Gasteiger partial charge in [-0.15, -0.1) is 5.10 Å². The maximum atomic E-state index is 8.66. The van der Waals surface area contributed by atoms with Crippen LogP contribution in [0.1, 0.15) is 0 Å². The summed E-state index contributed by atoms with van der Waals surface area (Å²) in [6.07, 6.45) is 0. The molecule has 0 unspecified atom stereocenters. The molecule has 48 valence electrons. The van der Waals surface area contributed by atoms with Crippen molar-refractivity contribution >= 4 is 11.6 Å². The normalized spacial score (nSPS) is 9.44. The number of rotatable bonds is 0. The summed E-state index contributed by atoms with van der Waals surface area (Å²) < 4.78 is 0. The van der Waals surface area contributed by atoms with Gasteiger partial charge in [0.05, 0.1) is 0 Å². The van der Waals surface area contributed by atoms with Crippen LogP contribution in [0.5, 0.6) is 11.6 Å². The number of aromatic hydroxyl groups is 2. The Kier molecular flexibility index (Phi) is 1.35. The zero-order valence-electron chi connectivity index (χ0n) is 4.11. The number of aromatic nitrogens is 3. The van der Waals surface area contributed by atoms with E-state index in [4.69, 9.17) is 21.8 Å². The van der Waals surface area contributed by atoms with Crippen molar-refractivity contribution in [3.8, 4) is 11.6 Å². The molecule has 0 aliphatic heterocycles. The molecule has 0 bridgehead atoms. The molecule has 1 aromatic heterocycles. The summed E-state index contributed by atoms with van der Waals surface area (Å²) in [5, 5.41) is 26.1. The molecule has 0 fully saturated rings. The van der Waals surface area contributed by atoms with Gasteiger partial charge in [-0.05, 0) is 5.21 Å². The second-order valence-electron chi connectivity index (χ2n) is 1.25. The predicted octanol–water partition coefficient (Wildman–Crippen LogP) is -0.0638. The summed E-state index contributed by atoms with van der Waals surface area (Å²) in [6.45, 7) is 0. The summed E-state index contributed by atoms with van der Waals surface area (Å²) >= 11 is 5.19. The van der Waals surface area contributed by atoms with E-state index in [0.29, 0.717) is 0 Å². The summed E-state index contributed by atoms with van der Waals surface area (Å²) in [7, 11) is 0. The van der Waals surface area contributed by atoms with Gasteiger partial charge in [-0.25, -0.2) is 0 Å². The highest BCUT2D eigenvalue weighted by Gasteiger charge is 2.05. The average molecular weight is 148 g/mol. The molecule has 1 aromatic rings. The van der Waals surface area contributed by atoms with Crippen molar-refractivity contribution in [1.82, 2.24) is 15.4 Å². The smallest absolute Gasteiger partial charge is 0.278 e. The molecule has 0 atom stereocenters. The molecule has 0 saturated carbocycles. The Morgan fingerprint density at radius 3 is 2.33 bits per heavy atom. The van der Waals surface area contributed by atoms with E-state index >= 15 is 0 Å². The van der Waals surface area contributed by atoms with Crippen molar-refractivity contribution in [2.75, 3.05) is 0 Å². The van der Waals surface area contributed by atoms with Crippen molar-refractivity contribution in [1.29, 1.82) is 0 Å². The van der Waals surface area contributed by atoms with Crippen LogP contribution in [0.3, 0.4) is 0 Å². The Bertz CT molecular complexity index is 208. The highest BCUT2D eigenvalue weighted by atomic mass is 35.5. The minimum atomic E-state index is -0.616. The van der Waals surface area contributed by atoms with Crippen molar-refractivity contribution in [2.24, 2.45) is 0 Å². The molecule has 1 rings (SSSR count). The van der Waals surface area contributed by atoms with Gasteiger partial charge < -0.3 is 10.2 Å². The molecule has 5 nitrogen and oxygen atoms in total. The van der Waals surface area contributed by atoms with E-state index < -0.39 is 11.6 Å². The summed E-state index contributed by atoms with van der Waals surface area (Å²) in [5.74, 6) is -1.17. The quantitative estimate of drug-likeness (QED) is 0.537. The van der Waals surface area contributed by atoms with E-state index in [1.807, 2.05) is 0 Å². The van der Waals surface area contributed by atoms with Crippen LogP contribution in [0.25, 0.3) is 0 Å². The van der Waals surface area contributed by atoms with E-state index in [2.05, 4.69) is 15.4 Å². The molecule has 0 aliphatic rings. The van der Waals surface area contributed by atoms with Gasteiger partial charge in [0.25, 0.3) is 5.88 Å². The minimum Gasteiger partial charge on any atom is -0.501 e. The van der Waals surface area contributed by atoms with Crippen molar-refractivity contribution < 1.29 is 10.2 Å². The molecule has 0 spiro atoms. The third-order valence-electron chi connectivity index (χ3n) is 0.679. The summed E-state index contributed by atoms with van der Waals surface area (Å²) in [4.78, 5) is 0. The van der Waals surface area contributed by atoms with E-state index in [-0.39, 0.29) is 5.15 Å². The lowest BCUT2D eigenvalue weighted by Crippen LogP contribution is -1.86. The number of hydrogen-bond donors (Lipinski definition) is 2. The third kappa shape index (κ3) is 0.996. The van der Waals surface area contributed by atoms with Crippen LogP contribution >= 0.6 is 11.6 Å². The minimum absolute atomic E-state index is 0.262. The lowest BCUT2D eigenvalue weighted by molar-refractivity contribution is 0.376. The van der Waals surface area contributed by atoms with Gasteiger partial charge in [-0.3, -0.25) is 0 Å². The van der Waals surface area contributed by atoms with E-state index in [1.54, 1.807) is 0 Å². The van der Waals surface area contributed by atoms with Crippen molar-refractivity contribution in [2.45, 2.75) is 0 Å². The van der Waals surface area contributed by atoms with Gasteiger partial charge in [-0.2, -0.15) is 0 Å². The second-order valence-corrected chi connectivity index (χ2v) is 1.61. The molecule has 9 heavy (non-hydrogen) atoms. The highest BCUT2D eigenvalue weighted by molar-refractivity contribution is 6.30. The maximum Gasteiger partial charge on any atom is 0.278 e. The molecule has 6 heteroatoms. The first-order valence-electron chi connectivity index (χ1n) is 1.98. The highest BCUT2D eigenvalue weighted by Crippen LogP contribution is 2.26. The maximum absolute atomic E-state index is 8.66. The van der Waals surface area contributed by atoms with E-state index in [0.717, 1.165) is 0 Å². The van der Waals surface area contributed by atoms with Crippen LogP contribution in [-0.2, 0) is 0 Å². The molecule has 1 heterocycles. The fourth-order valence-electron chi connectivity index (χ4n) is 0.291. The third-order valence-corrected chi connectivity index (χ3v) is 0.934. The first kappa shape index (κ1) is 6.03. The number of halogens is 1. The molecule has 0 aliphatic carbocycles. The lowest BCUT2D eigenvalue weighted by Gasteiger charge is -1.92. The Labute approximate surface area is 54.9 Å². The Morgan fingerprint density at radius 1 is 1.22 bits per heavy atom. The summed E-state index contributed by atoms with van der Waals surface area (Å²) in [5.41, 5.74) is 0. The number of hydrogen-bond acceptors (Lipinski definition) is 5. The van der Waals surface area contributed by atoms with Crippen LogP contribution < -0.4 is 0 Å². The molecule has 0 radical (unpaired) electrons. The predicted molar refractivity (Wildman–Crippen MR) is 28.2 cm³/mol. The van der Waals surface area contributed by atoms with Gasteiger partial charge >= 0.3 is 0 Å². The molecule has 2 N–H and O–H groups in total. The SMILES string of the molecule is Oc1nnnc(Cl)c1O. The zero-order valence-corrected chi connectivity index (χ0v) is 4.87. The fourth-order valence-corrected chi connectivity index (χ4v) is 0.409. The van der Waals surface area contributed by atoms with Gasteiger partial charge in [0, 0.05) is 0 Å². The molecular formula is C3H2ClN3O2. The van der Waals surface area contributed by atoms with Crippen LogP contribution in [0, 0.1) is 0 Å². The number of nitrogens with zero attached hydrogens (tertiary/aromatic N) is 3. The van der Waals surface area contributed by atoms with Crippen molar-refractivity contribution in [3.05, 3.63) is 5.15 Å². The topological polar surface area (TPSA) is 79.1 Å². The monoisotopic (exact) mass is 147 g/mol. The van der Waals surface area contributed by atoms with Gasteiger partial charge in [0.2, 0.25) is 10.9 Å². The molecule has 0 saturated heterocycles. The first-order valence-corrected chi connectivity index (χ1v) is 2.36. The van der Waals surface area contributed by atoms with E-state index in [1.165, 1.54) is 0 Å². The van der Waals surface area contributed by atoms with Crippen LogP contribution in [0.2, 0.25) is 5.15 Å². The van der Waals surface area contributed by atoms with Crippen LogP contribution in [0.15, 0.2) is 0 Å². The van der Waals surface area contributed by atoms with Crippen LogP contribution in [-0.4, -0.2) is 25.6 Å². The largest absolute Gasteiger partial charge is 0.501 e. The van der Waals surface area contributed by atoms with Gasteiger partial charge in [-0.1, -0.05) is 16.7 Å². The zero-order chi connectivity index (χ0) is 6.85. The average Bonchev–Trinajstić information content (AvgIpc) is 1.83. The molecule has 0 amide bonds. The fraction of sp³-hybridized carbons (Fsp3) is 0. The summed E-state index contributed by atoms with van der Waals surface area (Å²) in [6, 6.07) is 0.